The lowest BCUT2D eigenvalue weighted by molar-refractivity contribution is -0.145. The summed E-state index contributed by atoms with van der Waals surface area (Å²) >= 11 is 0. The Morgan fingerprint density at radius 3 is 1.91 bits per heavy atom. The molecular formula is C32H56O2. The average Bonchev–Trinajstić information content (AvgIpc) is 2.76. The summed E-state index contributed by atoms with van der Waals surface area (Å²) in [5, 5.41) is 21.5. The summed E-state index contributed by atoms with van der Waals surface area (Å²) in [5.74, 6) is 0.129. The van der Waals surface area contributed by atoms with E-state index in [1.54, 1.807) is 5.57 Å². The van der Waals surface area contributed by atoms with Crippen LogP contribution in [0.3, 0.4) is 0 Å². The zero-order chi connectivity index (χ0) is 25.8. The van der Waals surface area contributed by atoms with Gasteiger partial charge in [-0.15, -0.1) is 0 Å². The highest BCUT2D eigenvalue weighted by molar-refractivity contribution is 5.09. The minimum atomic E-state index is -0.682. The topological polar surface area (TPSA) is 40.5 Å². The summed E-state index contributed by atoms with van der Waals surface area (Å²) in [6.07, 6.45) is 21.8. The maximum Gasteiger partial charge on any atom is 0.0654 e. The van der Waals surface area contributed by atoms with Gasteiger partial charge in [0.2, 0.25) is 0 Å². The smallest absolute Gasteiger partial charge is 0.0654 e. The molecule has 1 fully saturated rings. The van der Waals surface area contributed by atoms with Crippen LogP contribution in [-0.2, 0) is 0 Å². The highest BCUT2D eigenvalue weighted by Crippen LogP contribution is 2.48. The van der Waals surface area contributed by atoms with Crippen molar-refractivity contribution in [3.8, 4) is 0 Å². The highest BCUT2D eigenvalue weighted by atomic mass is 16.3. The third-order valence-electron chi connectivity index (χ3n) is 8.18. The molecule has 0 aromatic carbocycles. The van der Waals surface area contributed by atoms with Gasteiger partial charge in [-0.25, -0.2) is 0 Å². The van der Waals surface area contributed by atoms with Gasteiger partial charge in [0, 0.05) is 0 Å². The summed E-state index contributed by atoms with van der Waals surface area (Å²) in [6.45, 7) is 17.3. The van der Waals surface area contributed by atoms with Crippen LogP contribution >= 0.6 is 0 Å². The van der Waals surface area contributed by atoms with Crippen molar-refractivity contribution in [2.24, 2.45) is 11.3 Å². The van der Waals surface area contributed by atoms with Gasteiger partial charge in [0.15, 0.2) is 0 Å². The standard InChI is InChI=1S/C32H56O2/c1-9-27(20-14-17-26(5)16-13-15-25(3)4)18-11-12-19-28(10-2)21-22-29-31(6,7)30(33)23-24-32(29,8)34/h15,17-19,29-30,33-34H,9-14,16,20-24H2,1-8H3/b26-17+,27-18+,28-19+/t29-,30-,32-/m0/s1. The molecule has 3 atom stereocenters. The lowest BCUT2D eigenvalue weighted by Gasteiger charge is -2.51. The fourth-order valence-electron chi connectivity index (χ4n) is 5.64. The quantitative estimate of drug-likeness (QED) is 0.195. The molecule has 0 amide bonds. The first-order valence-electron chi connectivity index (χ1n) is 14.0. The van der Waals surface area contributed by atoms with E-state index in [2.05, 4.69) is 72.8 Å². The van der Waals surface area contributed by atoms with E-state index in [-0.39, 0.29) is 17.4 Å². The molecule has 1 aliphatic carbocycles. The van der Waals surface area contributed by atoms with Crippen molar-refractivity contribution in [2.75, 3.05) is 0 Å². The van der Waals surface area contributed by atoms with Crippen LogP contribution in [0.15, 0.2) is 46.6 Å². The molecule has 1 aliphatic rings. The molecule has 2 nitrogen and oxygen atoms in total. The number of unbranched alkanes of at least 4 members (excludes halogenated alkanes) is 1. The van der Waals surface area contributed by atoms with Crippen LogP contribution in [0.4, 0.5) is 0 Å². The molecule has 196 valence electrons. The number of aliphatic hydroxyl groups is 2. The second kappa shape index (κ2) is 15.1. The van der Waals surface area contributed by atoms with Crippen molar-refractivity contribution in [3.05, 3.63) is 46.6 Å². The molecule has 34 heavy (non-hydrogen) atoms. The van der Waals surface area contributed by atoms with Crippen molar-refractivity contribution in [1.29, 1.82) is 0 Å². The average molecular weight is 473 g/mol. The number of hydrogen-bond donors (Lipinski definition) is 2. The summed E-state index contributed by atoms with van der Waals surface area (Å²) in [4.78, 5) is 0. The normalized spacial score (nSPS) is 26.0. The molecule has 0 aliphatic heterocycles. The van der Waals surface area contributed by atoms with E-state index in [4.69, 9.17) is 0 Å². The molecular weight excluding hydrogens is 416 g/mol. The molecule has 0 radical (unpaired) electrons. The van der Waals surface area contributed by atoms with E-state index in [1.807, 2.05) is 6.92 Å². The van der Waals surface area contributed by atoms with E-state index < -0.39 is 5.60 Å². The van der Waals surface area contributed by atoms with Gasteiger partial charge in [0.05, 0.1) is 11.7 Å². The Morgan fingerprint density at radius 1 is 0.794 bits per heavy atom. The van der Waals surface area contributed by atoms with E-state index in [1.165, 1.54) is 29.6 Å². The van der Waals surface area contributed by atoms with E-state index in [0.717, 1.165) is 51.4 Å². The van der Waals surface area contributed by atoms with Gasteiger partial charge < -0.3 is 10.2 Å². The predicted octanol–water partition coefficient (Wildman–Crippen LogP) is 9.24. The maximum absolute atomic E-state index is 11.0. The van der Waals surface area contributed by atoms with Gasteiger partial charge in [-0.05, 0) is 116 Å². The minimum Gasteiger partial charge on any atom is -0.393 e. The first kappa shape index (κ1) is 30.9. The van der Waals surface area contributed by atoms with Crippen LogP contribution in [0.5, 0.6) is 0 Å². The van der Waals surface area contributed by atoms with E-state index in [0.29, 0.717) is 12.8 Å². The molecule has 1 saturated carbocycles. The largest absolute Gasteiger partial charge is 0.393 e. The lowest BCUT2D eigenvalue weighted by atomic mass is 9.59. The van der Waals surface area contributed by atoms with Crippen molar-refractivity contribution in [2.45, 2.75) is 144 Å². The third-order valence-corrected chi connectivity index (χ3v) is 8.18. The first-order valence-corrected chi connectivity index (χ1v) is 14.0. The summed E-state index contributed by atoms with van der Waals surface area (Å²) in [6, 6.07) is 0. The number of aliphatic hydroxyl groups excluding tert-OH is 1. The van der Waals surface area contributed by atoms with Crippen LogP contribution in [0, 0.1) is 11.3 Å². The van der Waals surface area contributed by atoms with Crippen molar-refractivity contribution < 1.29 is 10.2 Å². The Morgan fingerprint density at radius 2 is 1.35 bits per heavy atom. The molecule has 0 aromatic rings. The summed E-state index contributed by atoms with van der Waals surface area (Å²) in [7, 11) is 0. The van der Waals surface area contributed by atoms with Crippen molar-refractivity contribution in [1.82, 2.24) is 0 Å². The number of hydrogen-bond acceptors (Lipinski definition) is 2. The van der Waals surface area contributed by atoms with Gasteiger partial charge in [0.1, 0.15) is 0 Å². The third kappa shape index (κ3) is 10.6. The Balaban J connectivity index is 2.54. The lowest BCUT2D eigenvalue weighted by Crippen LogP contribution is -2.53. The van der Waals surface area contributed by atoms with Crippen LogP contribution in [0.2, 0.25) is 0 Å². The highest BCUT2D eigenvalue weighted by Gasteiger charge is 2.49. The Labute approximate surface area is 212 Å². The zero-order valence-corrected chi connectivity index (χ0v) is 23.8. The molecule has 2 heteroatoms. The van der Waals surface area contributed by atoms with Gasteiger partial charge in [-0.3, -0.25) is 0 Å². The van der Waals surface area contributed by atoms with E-state index >= 15 is 0 Å². The minimum absolute atomic E-state index is 0.129. The Kier molecular flexibility index (Phi) is 13.7. The summed E-state index contributed by atoms with van der Waals surface area (Å²) < 4.78 is 0. The number of rotatable bonds is 14. The van der Waals surface area contributed by atoms with Gasteiger partial charge in [-0.2, -0.15) is 0 Å². The molecule has 0 spiro atoms. The van der Waals surface area contributed by atoms with Crippen molar-refractivity contribution in [3.63, 3.8) is 0 Å². The number of allylic oxidation sites excluding steroid dienone is 8. The first-order chi connectivity index (χ1) is 15.9. The van der Waals surface area contributed by atoms with Crippen LogP contribution < -0.4 is 0 Å². The molecule has 0 bridgehead atoms. The van der Waals surface area contributed by atoms with Gasteiger partial charge in [0.25, 0.3) is 0 Å². The maximum atomic E-state index is 11.0. The Hall–Kier alpha value is -1.12. The zero-order valence-electron chi connectivity index (χ0n) is 23.8. The molecule has 0 unspecified atom stereocenters. The molecule has 0 aromatic heterocycles. The second-order valence-electron chi connectivity index (χ2n) is 11.7. The van der Waals surface area contributed by atoms with Gasteiger partial charge in [-0.1, -0.05) is 74.3 Å². The summed E-state index contributed by atoms with van der Waals surface area (Å²) in [5.41, 5.74) is 5.07. The fraction of sp³-hybridized carbons (Fsp3) is 0.750. The fourth-order valence-corrected chi connectivity index (χ4v) is 5.64. The molecule has 0 heterocycles. The second-order valence-corrected chi connectivity index (χ2v) is 11.7. The Bertz CT molecular complexity index is 713. The predicted molar refractivity (Wildman–Crippen MR) is 150 cm³/mol. The van der Waals surface area contributed by atoms with Crippen LogP contribution in [-0.4, -0.2) is 21.9 Å². The molecule has 2 N–H and O–H groups in total. The monoisotopic (exact) mass is 472 g/mol. The van der Waals surface area contributed by atoms with Crippen molar-refractivity contribution >= 4 is 0 Å². The molecule has 0 saturated heterocycles. The van der Waals surface area contributed by atoms with Gasteiger partial charge >= 0.3 is 0 Å². The van der Waals surface area contributed by atoms with Crippen LogP contribution in [0.25, 0.3) is 0 Å². The SMILES string of the molecule is CC/C(=C\CC/C=C(\CC)CC[C@H]1C(C)(C)[C@@H](O)CC[C@]1(C)O)CC/C=C(\C)CCC=C(C)C. The van der Waals surface area contributed by atoms with E-state index in [9.17, 15) is 10.2 Å². The molecule has 1 rings (SSSR count). The van der Waals surface area contributed by atoms with Crippen LogP contribution in [0.1, 0.15) is 132 Å².